The molecule has 0 bridgehead atoms. The van der Waals surface area contributed by atoms with Crippen LogP contribution in [0, 0.1) is 0 Å². The summed E-state index contributed by atoms with van der Waals surface area (Å²) in [6.45, 7) is 2.34. The van der Waals surface area contributed by atoms with Gasteiger partial charge in [0.05, 0.1) is 6.54 Å². The molecule has 20 heavy (non-hydrogen) atoms. The van der Waals surface area contributed by atoms with Crippen LogP contribution < -0.4 is 10.5 Å². The molecule has 0 aliphatic heterocycles. The van der Waals surface area contributed by atoms with E-state index in [-0.39, 0.29) is 5.91 Å². The fourth-order valence-electron chi connectivity index (χ4n) is 1.69. The number of hydrogen-bond acceptors (Lipinski definition) is 4. The van der Waals surface area contributed by atoms with Gasteiger partial charge in [0.15, 0.2) is 0 Å². The normalized spacial score (nSPS) is 10.7. The van der Waals surface area contributed by atoms with Gasteiger partial charge >= 0.3 is 0 Å². The van der Waals surface area contributed by atoms with Crippen molar-refractivity contribution in [3.63, 3.8) is 0 Å². The summed E-state index contributed by atoms with van der Waals surface area (Å²) in [5.41, 5.74) is 6.72. The van der Waals surface area contributed by atoms with E-state index < -0.39 is 0 Å². The SMILES string of the molecule is CN(CCOc1ccc(CCN)cc1)CC(=O)N(C)C. The number of nitrogens with two attached hydrogens (primary N) is 1. The molecule has 0 unspecified atom stereocenters. The minimum Gasteiger partial charge on any atom is -0.492 e. The topological polar surface area (TPSA) is 58.8 Å². The molecule has 1 amide bonds. The molecule has 0 atom stereocenters. The summed E-state index contributed by atoms with van der Waals surface area (Å²) in [5, 5.41) is 0. The third-order valence-corrected chi connectivity index (χ3v) is 3.00. The van der Waals surface area contributed by atoms with Gasteiger partial charge in [0, 0.05) is 20.6 Å². The lowest BCUT2D eigenvalue weighted by molar-refractivity contribution is -0.129. The van der Waals surface area contributed by atoms with Gasteiger partial charge in [0.25, 0.3) is 0 Å². The average molecular weight is 279 g/mol. The highest BCUT2D eigenvalue weighted by Gasteiger charge is 2.08. The van der Waals surface area contributed by atoms with Crippen LogP contribution >= 0.6 is 0 Å². The van der Waals surface area contributed by atoms with E-state index in [1.807, 2.05) is 36.2 Å². The number of ether oxygens (including phenoxy) is 1. The van der Waals surface area contributed by atoms with Crippen molar-refractivity contribution in [2.24, 2.45) is 5.73 Å². The summed E-state index contributed by atoms with van der Waals surface area (Å²) in [6.07, 6.45) is 0.885. The van der Waals surface area contributed by atoms with Crippen molar-refractivity contribution in [3.05, 3.63) is 29.8 Å². The first kappa shape index (κ1) is 16.5. The molecule has 0 heterocycles. The molecule has 0 aliphatic rings. The molecule has 0 aromatic heterocycles. The van der Waals surface area contributed by atoms with Gasteiger partial charge in [-0.3, -0.25) is 9.69 Å². The van der Waals surface area contributed by atoms with E-state index in [9.17, 15) is 4.79 Å². The molecule has 1 aromatic rings. The molecule has 0 radical (unpaired) electrons. The number of hydrogen-bond donors (Lipinski definition) is 1. The zero-order chi connectivity index (χ0) is 15.0. The fraction of sp³-hybridized carbons (Fsp3) is 0.533. The van der Waals surface area contributed by atoms with Gasteiger partial charge in [0.2, 0.25) is 5.91 Å². The summed E-state index contributed by atoms with van der Waals surface area (Å²) in [7, 11) is 5.43. The van der Waals surface area contributed by atoms with Crippen molar-refractivity contribution in [2.75, 3.05) is 47.4 Å². The second-order valence-electron chi connectivity index (χ2n) is 5.06. The third-order valence-electron chi connectivity index (χ3n) is 3.00. The van der Waals surface area contributed by atoms with Crippen LogP contribution in [-0.2, 0) is 11.2 Å². The number of benzene rings is 1. The van der Waals surface area contributed by atoms with E-state index in [1.165, 1.54) is 5.56 Å². The molecule has 1 rings (SSSR count). The van der Waals surface area contributed by atoms with Crippen molar-refractivity contribution >= 4 is 5.91 Å². The number of likely N-dealkylation sites (N-methyl/N-ethyl adjacent to an activating group) is 2. The Morgan fingerprint density at radius 2 is 1.85 bits per heavy atom. The molecule has 5 nitrogen and oxygen atoms in total. The maximum absolute atomic E-state index is 11.5. The molecular formula is C15H25N3O2. The van der Waals surface area contributed by atoms with Crippen LogP contribution in [0.3, 0.4) is 0 Å². The van der Waals surface area contributed by atoms with Gasteiger partial charge in [-0.05, 0) is 37.7 Å². The van der Waals surface area contributed by atoms with Gasteiger partial charge < -0.3 is 15.4 Å². The monoisotopic (exact) mass is 279 g/mol. The smallest absolute Gasteiger partial charge is 0.236 e. The van der Waals surface area contributed by atoms with Gasteiger partial charge in [-0.1, -0.05) is 12.1 Å². The molecule has 112 valence electrons. The van der Waals surface area contributed by atoms with E-state index in [2.05, 4.69) is 0 Å². The number of rotatable bonds is 8. The van der Waals surface area contributed by atoms with E-state index in [0.29, 0.717) is 26.2 Å². The molecule has 0 aliphatic carbocycles. The zero-order valence-electron chi connectivity index (χ0n) is 12.6. The Morgan fingerprint density at radius 3 is 2.40 bits per heavy atom. The van der Waals surface area contributed by atoms with Crippen molar-refractivity contribution in [1.82, 2.24) is 9.80 Å². The molecule has 0 saturated heterocycles. The van der Waals surface area contributed by atoms with E-state index in [0.717, 1.165) is 12.2 Å². The van der Waals surface area contributed by atoms with Crippen molar-refractivity contribution in [1.29, 1.82) is 0 Å². The zero-order valence-corrected chi connectivity index (χ0v) is 12.6. The van der Waals surface area contributed by atoms with Gasteiger partial charge in [-0.15, -0.1) is 0 Å². The quantitative estimate of drug-likeness (QED) is 0.756. The summed E-state index contributed by atoms with van der Waals surface area (Å²) < 4.78 is 5.65. The highest BCUT2D eigenvalue weighted by Crippen LogP contribution is 2.12. The predicted octanol–water partition coefficient (Wildman–Crippen LogP) is 0.587. The van der Waals surface area contributed by atoms with Crippen molar-refractivity contribution in [2.45, 2.75) is 6.42 Å². The number of carbonyl (C=O) groups is 1. The second-order valence-corrected chi connectivity index (χ2v) is 5.06. The molecule has 1 aromatic carbocycles. The summed E-state index contributed by atoms with van der Waals surface area (Å²) in [5.74, 6) is 0.941. The molecule has 5 heteroatoms. The molecule has 2 N–H and O–H groups in total. The van der Waals surface area contributed by atoms with E-state index in [4.69, 9.17) is 10.5 Å². The van der Waals surface area contributed by atoms with Gasteiger partial charge in [0.1, 0.15) is 12.4 Å². The van der Waals surface area contributed by atoms with E-state index in [1.54, 1.807) is 19.0 Å². The average Bonchev–Trinajstić information content (AvgIpc) is 2.41. The maximum atomic E-state index is 11.5. The Balaban J connectivity index is 2.28. The van der Waals surface area contributed by atoms with Gasteiger partial charge in [-0.25, -0.2) is 0 Å². The second kappa shape index (κ2) is 8.55. The van der Waals surface area contributed by atoms with Crippen LogP contribution in [-0.4, -0.2) is 63.1 Å². The van der Waals surface area contributed by atoms with Crippen molar-refractivity contribution in [3.8, 4) is 5.75 Å². The summed E-state index contributed by atoms with van der Waals surface area (Å²) in [6, 6.07) is 7.97. The maximum Gasteiger partial charge on any atom is 0.236 e. The molecule has 0 spiro atoms. The minimum atomic E-state index is 0.0960. The molecule has 0 saturated carbocycles. The summed E-state index contributed by atoms with van der Waals surface area (Å²) >= 11 is 0. The lowest BCUT2D eigenvalue weighted by Crippen LogP contribution is -2.36. The number of amides is 1. The standard InChI is InChI=1S/C15H25N3O2/c1-17(2)15(19)12-18(3)10-11-20-14-6-4-13(5-7-14)8-9-16/h4-7H,8-12,16H2,1-3H3. The van der Waals surface area contributed by atoms with Crippen LogP contribution in [0.4, 0.5) is 0 Å². The Morgan fingerprint density at radius 1 is 1.20 bits per heavy atom. The molecule has 0 fully saturated rings. The number of nitrogens with zero attached hydrogens (tertiary/aromatic N) is 2. The van der Waals surface area contributed by atoms with Crippen LogP contribution in [0.15, 0.2) is 24.3 Å². The van der Waals surface area contributed by atoms with Crippen LogP contribution in [0.5, 0.6) is 5.75 Å². The Labute approximate surface area is 121 Å². The first-order valence-electron chi connectivity index (χ1n) is 6.83. The minimum absolute atomic E-state index is 0.0960. The van der Waals surface area contributed by atoms with Gasteiger partial charge in [-0.2, -0.15) is 0 Å². The highest BCUT2D eigenvalue weighted by atomic mass is 16.5. The first-order valence-corrected chi connectivity index (χ1v) is 6.83. The predicted molar refractivity (Wildman–Crippen MR) is 80.9 cm³/mol. The van der Waals surface area contributed by atoms with E-state index >= 15 is 0 Å². The lowest BCUT2D eigenvalue weighted by atomic mass is 10.1. The first-order chi connectivity index (χ1) is 9.52. The van der Waals surface area contributed by atoms with Crippen molar-refractivity contribution < 1.29 is 9.53 Å². The lowest BCUT2D eigenvalue weighted by Gasteiger charge is -2.19. The Kier molecular flexibility index (Phi) is 7.04. The third kappa shape index (κ3) is 6.04. The van der Waals surface area contributed by atoms with Crippen LogP contribution in [0.25, 0.3) is 0 Å². The number of carbonyl (C=O) groups excluding carboxylic acids is 1. The Hall–Kier alpha value is -1.59. The highest BCUT2D eigenvalue weighted by molar-refractivity contribution is 5.77. The Bertz CT molecular complexity index is 404. The largest absolute Gasteiger partial charge is 0.492 e. The van der Waals surface area contributed by atoms with Crippen LogP contribution in [0.2, 0.25) is 0 Å². The fourth-order valence-corrected chi connectivity index (χ4v) is 1.69. The molecular weight excluding hydrogens is 254 g/mol. The van der Waals surface area contributed by atoms with Crippen LogP contribution in [0.1, 0.15) is 5.56 Å². The summed E-state index contributed by atoms with van der Waals surface area (Å²) in [4.78, 5) is 15.1.